The van der Waals surface area contributed by atoms with Crippen molar-refractivity contribution in [2.45, 2.75) is 24.7 Å². The lowest BCUT2D eigenvalue weighted by molar-refractivity contribution is 0.102. The Bertz CT molecular complexity index is 864. The summed E-state index contributed by atoms with van der Waals surface area (Å²) >= 11 is 6.06. The van der Waals surface area contributed by atoms with E-state index in [1.165, 1.54) is 25.2 Å². The third-order valence-corrected chi connectivity index (χ3v) is 5.31. The molecule has 2 rings (SSSR count). The number of nitrogens with one attached hydrogen (secondary N) is 2. The predicted molar refractivity (Wildman–Crippen MR) is 96.2 cm³/mol. The minimum atomic E-state index is -3.65. The van der Waals surface area contributed by atoms with Crippen molar-refractivity contribution in [3.05, 3.63) is 58.6 Å². The first-order chi connectivity index (χ1) is 11.2. The molecule has 0 aliphatic heterocycles. The van der Waals surface area contributed by atoms with Gasteiger partial charge in [0.05, 0.1) is 15.5 Å². The molecular formula is C17H19ClN2O3S. The Morgan fingerprint density at radius 2 is 1.83 bits per heavy atom. The molecule has 2 N–H and O–H groups in total. The zero-order valence-electron chi connectivity index (χ0n) is 13.6. The minimum Gasteiger partial charge on any atom is -0.322 e. The maximum absolute atomic E-state index is 12.5. The summed E-state index contributed by atoms with van der Waals surface area (Å²) in [5.41, 5.74) is 1.82. The second-order valence-corrected chi connectivity index (χ2v) is 7.88. The average Bonchev–Trinajstić information content (AvgIpc) is 2.55. The van der Waals surface area contributed by atoms with Crippen LogP contribution in [0, 0.1) is 0 Å². The van der Waals surface area contributed by atoms with Gasteiger partial charge in [0.2, 0.25) is 10.0 Å². The molecule has 0 spiro atoms. The third kappa shape index (κ3) is 4.14. The van der Waals surface area contributed by atoms with Gasteiger partial charge in [-0.3, -0.25) is 4.79 Å². The molecule has 2 aromatic rings. The van der Waals surface area contributed by atoms with Crippen LogP contribution in [-0.2, 0) is 10.0 Å². The Hall–Kier alpha value is -1.89. The summed E-state index contributed by atoms with van der Waals surface area (Å²) < 4.78 is 26.0. The van der Waals surface area contributed by atoms with E-state index < -0.39 is 15.9 Å². The second kappa shape index (κ2) is 7.34. The standard InChI is InChI=1S/C17H19ClN2O3S/c1-11(2)12-5-4-6-13(9-12)20-17(21)15-10-14(7-8-16(15)18)24(22,23)19-3/h4-11,19H,1-3H3,(H,20,21). The maximum atomic E-state index is 12.5. The molecule has 0 unspecified atom stereocenters. The Labute approximate surface area is 147 Å². The van der Waals surface area contributed by atoms with Gasteiger partial charge in [0.25, 0.3) is 5.91 Å². The first kappa shape index (κ1) is 18.4. The van der Waals surface area contributed by atoms with E-state index in [-0.39, 0.29) is 15.5 Å². The number of sulfonamides is 1. The SMILES string of the molecule is CNS(=O)(=O)c1ccc(Cl)c(C(=O)Nc2cccc(C(C)C)c2)c1. The Balaban J connectivity index is 2.33. The van der Waals surface area contributed by atoms with Crippen molar-refractivity contribution in [2.24, 2.45) is 0 Å². The summed E-state index contributed by atoms with van der Waals surface area (Å²) in [5, 5.41) is 2.94. The van der Waals surface area contributed by atoms with Crippen molar-refractivity contribution in [3.63, 3.8) is 0 Å². The van der Waals surface area contributed by atoms with E-state index in [4.69, 9.17) is 11.6 Å². The van der Waals surface area contributed by atoms with Crippen LogP contribution >= 0.6 is 11.6 Å². The van der Waals surface area contributed by atoms with Gasteiger partial charge in [-0.05, 0) is 48.9 Å². The first-order valence-corrected chi connectivity index (χ1v) is 9.25. The molecule has 0 atom stereocenters. The van der Waals surface area contributed by atoms with Gasteiger partial charge in [-0.2, -0.15) is 0 Å². The van der Waals surface area contributed by atoms with Crippen LogP contribution in [0.3, 0.4) is 0 Å². The van der Waals surface area contributed by atoms with Crippen LogP contribution in [0.1, 0.15) is 35.7 Å². The van der Waals surface area contributed by atoms with E-state index in [0.29, 0.717) is 11.6 Å². The predicted octanol–water partition coefficient (Wildman–Crippen LogP) is 3.62. The van der Waals surface area contributed by atoms with Crippen molar-refractivity contribution in [3.8, 4) is 0 Å². The van der Waals surface area contributed by atoms with Gasteiger partial charge >= 0.3 is 0 Å². The van der Waals surface area contributed by atoms with E-state index >= 15 is 0 Å². The lowest BCUT2D eigenvalue weighted by Crippen LogP contribution is -2.20. The highest BCUT2D eigenvalue weighted by molar-refractivity contribution is 7.89. The van der Waals surface area contributed by atoms with Crippen molar-refractivity contribution in [1.29, 1.82) is 0 Å². The molecule has 0 aliphatic carbocycles. The van der Waals surface area contributed by atoms with E-state index in [1.54, 1.807) is 6.07 Å². The number of anilines is 1. The second-order valence-electron chi connectivity index (χ2n) is 5.58. The fourth-order valence-electron chi connectivity index (χ4n) is 2.14. The monoisotopic (exact) mass is 366 g/mol. The summed E-state index contributed by atoms with van der Waals surface area (Å²) in [6.45, 7) is 4.12. The molecule has 24 heavy (non-hydrogen) atoms. The number of carbonyl (C=O) groups excluding carboxylic acids is 1. The fourth-order valence-corrected chi connectivity index (χ4v) is 3.10. The summed E-state index contributed by atoms with van der Waals surface area (Å²) in [7, 11) is -2.34. The number of carbonyl (C=O) groups is 1. The number of amides is 1. The minimum absolute atomic E-state index is 0.0181. The maximum Gasteiger partial charge on any atom is 0.257 e. The summed E-state index contributed by atoms with van der Waals surface area (Å²) in [4.78, 5) is 12.5. The van der Waals surface area contributed by atoms with Gasteiger partial charge < -0.3 is 5.32 Å². The highest BCUT2D eigenvalue weighted by atomic mass is 35.5. The zero-order chi connectivity index (χ0) is 17.9. The normalized spacial score (nSPS) is 11.5. The Kier molecular flexibility index (Phi) is 5.64. The summed E-state index contributed by atoms with van der Waals surface area (Å²) in [6.07, 6.45) is 0. The molecule has 0 aromatic heterocycles. The van der Waals surface area contributed by atoms with Gasteiger partial charge in [0, 0.05) is 5.69 Å². The van der Waals surface area contributed by atoms with Crippen LogP contribution in [0.4, 0.5) is 5.69 Å². The Morgan fingerprint density at radius 1 is 1.12 bits per heavy atom. The van der Waals surface area contributed by atoms with Crippen LogP contribution in [0.2, 0.25) is 5.02 Å². The van der Waals surface area contributed by atoms with Gasteiger partial charge in [-0.1, -0.05) is 37.6 Å². The first-order valence-electron chi connectivity index (χ1n) is 7.39. The molecule has 128 valence electrons. The molecule has 1 amide bonds. The molecule has 0 saturated heterocycles. The largest absolute Gasteiger partial charge is 0.322 e. The number of benzene rings is 2. The van der Waals surface area contributed by atoms with Gasteiger partial charge in [-0.25, -0.2) is 13.1 Å². The Morgan fingerprint density at radius 3 is 2.46 bits per heavy atom. The fraction of sp³-hybridized carbons (Fsp3) is 0.235. The van der Waals surface area contributed by atoms with E-state index in [9.17, 15) is 13.2 Å². The van der Waals surface area contributed by atoms with Gasteiger partial charge in [0.15, 0.2) is 0 Å². The van der Waals surface area contributed by atoms with E-state index in [0.717, 1.165) is 5.56 Å². The van der Waals surface area contributed by atoms with E-state index in [1.807, 2.05) is 18.2 Å². The van der Waals surface area contributed by atoms with E-state index in [2.05, 4.69) is 23.9 Å². The van der Waals surface area contributed by atoms with Crippen LogP contribution in [-0.4, -0.2) is 21.4 Å². The van der Waals surface area contributed by atoms with Crippen LogP contribution in [0.15, 0.2) is 47.4 Å². The summed E-state index contributed by atoms with van der Waals surface area (Å²) in [6, 6.07) is 11.5. The zero-order valence-corrected chi connectivity index (χ0v) is 15.2. The van der Waals surface area contributed by atoms with Crippen molar-refractivity contribution in [1.82, 2.24) is 4.72 Å². The van der Waals surface area contributed by atoms with Crippen LogP contribution in [0.25, 0.3) is 0 Å². The van der Waals surface area contributed by atoms with Gasteiger partial charge in [0.1, 0.15) is 0 Å². The van der Waals surface area contributed by atoms with Gasteiger partial charge in [-0.15, -0.1) is 0 Å². The molecule has 0 radical (unpaired) electrons. The number of hydrogen-bond donors (Lipinski definition) is 2. The summed E-state index contributed by atoms with van der Waals surface area (Å²) in [5.74, 6) is -0.136. The molecular weight excluding hydrogens is 348 g/mol. The molecule has 2 aromatic carbocycles. The highest BCUT2D eigenvalue weighted by Crippen LogP contribution is 2.23. The molecule has 7 heteroatoms. The number of halogens is 1. The van der Waals surface area contributed by atoms with Crippen LogP contribution in [0.5, 0.6) is 0 Å². The number of hydrogen-bond acceptors (Lipinski definition) is 3. The molecule has 0 bridgehead atoms. The molecule has 0 heterocycles. The molecule has 0 fully saturated rings. The van der Waals surface area contributed by atoms with Crippen molar-refractivity contribution < 1.29 is 13.2 Å². The van der Waals surface area contributed by atoms with Crippen molar-refractivity contribution in [2.75, 3.05) is 12.4 Å². The van der Waals surface area contributed by atoms with Crippen molar-refractivity contribution >= 4 is 33.2 Å². The third-order valence-electron chi connectivity index (χ3n) is 3.57. The lowest BCUT2D eigenvalue weighted by atomic mass is 10.0. The molecule has 0 aliphatic rings. The highest BCUT2D eigenvalue weighted by Gasteiger charge is 2.17. The topological polar surface area (TPSA) is 75.3 Å². The van der Waals surface area contributed by atoms with Crippen LogP contribution < -0.4 is 10.0 Å². The quantitative estimate of drug-likeness (QED) is 0.848. The smallest absolute Gasteiger partial charge is 0.257 e. The average molecular weight is 367 g/mol. The molecule has 5 nitrogen and oxygen atoms in total. The molecule has 0 saturated carbocycles. The number of rotatable bonds is 5. The lowest BCUT2D eigenvalue weighted by Gasteiger charge is -2.11.